The van der Waals surface area contributed by atoms with Gasteiger partial charge in [0.05, 0.1) is 5.56 Å². The van der Waals surface area contributed by atoms with Gasteiger partial charge in [0.1, 0.15) is 5.82 Å². The molecule has 1 N–H and O–H groups in total. The highest BCUT2D eigenvalue weighted by Gasteiger charge is 2.36. The van der Waals surface area contributed by atoms with Gasteiger partial charge in [-0.2, -0.15) is 13.2 Å². The third-order valence-electron chi connectivity index (χ3n) is 3.57. The molecule has 0 bridgehead atoms. The molecule has 1 aliphatic rings. The number of nitrogens with zero attached hydrogens (tertiary/aromatic N) is 2. The lowest BCUT2D eigenvalue weighted by atomic mass is 10.1. The minimum Gasteiger partial charge on any atom is -0.352 e. The van der Waals surface area contributed by atoms with Crippen LogP contribution < -0.4 is 10.2 Å². The lowest BCUT2D eigenvalue weighted by molar-refractivity contribution is -0.137. The van der Waals surface area contributed by atoms with Gasteiger partial charge in [-0.05, 0) is 45.4 Å². The van der Waals surface area contributed by atoms with Gasteiger partial charge in [0.15, 0.2) is 0 Å². The first-order chi connectivity index (χ1) is 9.39. The van der Waals surface area contributed by atoms with E-state index in [9.17, 15) is 13.2 Å². The largest absolute Gasteiger partial charge is 0.419 e. The summed E-state index contributed by atoms with van der Waals surface area (Å²) < 4.78 is 39.3. The topological polar surface area (TPSA) is 28.2 Å². The Labute approximate surface area is 117 Å². The van der Waals surface area contributed by atoms with Crippen molar-refractivity contribution >= 4 is 5.82 Å². The van der Waals surface area contributed by atoms with Crippen LogP contribution in [0.1, 0.15) is 32.3 Å². The Morgan fingerprint density at radius 2 is 2.20 bits per heavy atom. The number of hydrogen-bond acceptors (Lipinski definition) is 3. The summed E-state index contributed by atoms with van der Waals surface area (Å²) in [6.45, 7) is 5.27. The van der Waals surface area contributed by atoms with E-state index < -0.39 is 11.7 Å². The molecule has 2 rings (SSSR count). The van der Waals surface area contributed by atoms with Crippen LogP contribution in [0.25, 0.3) is 0 Å². The number of alkyl halides is 3. The predicted octanol–water partition coefficient (Wildman–Crippen LogP) is 3.07. The maximum Gasteiger partial charge on any atom is 0.419 e. The Morgan fingerprint density at radius 3 is 2.75 bits per heavy atom. The molecular weight excluding hydrogens is 267 g/mol. The van der Waals surface area contributed by atoms with Gasteiger partial charge in [0.25, 0.3) is 0 Å². The van der Waals surface area contributed by atoms with Gasteiger partial charge in [0.2, 0.25) is 0 Å². The first-order valence-corrected chi connectivity index (χ1v) is 6.92. The van der Waals surface area contributed by atoms with E-state index in [4.69, 9.17) is 0 Å². The van der Waals surface area contributed by atoms with Crippen molar-refractivity contribution in [1.82, 2.24) is 10.3 Å². The Kier molecular flexibility index (Phi) is 4.52. The van der Waals surface area contributed by atoms with Crippen molar-refractivity contribution in [2.24, 2.45) is 0 Å². The SMILES string of the molecule is CC(C)N(CC1CCCN1)c1ncccc1C(F)(F)F. The van der Waals surface area contributed by atoms with Crippen LogP contribution in [0.3, 0.4) is 0 Å². The summed E-state index contributed by atoms with van der Waals surface area (Å²) in [6, 6.07) is 2.63. The molecule has 0 spiro atoms. The molecule has 0 amide bonds. The van der Waals surface area contributed by atoms with Crippen LogP contribution in [-0.2, 0) is 6.18 Å². The first kappa shape index (κ1) is 15.1. The van der Waals surface area contributed by atoms with Gasteiger partial charge < -0.3 is 10.2 Å². The zero-order chi connectivity index (χ0) is 14.8. The average Bonchev–Trinajstić information content (AvgIpc) is 2.87. The number of anilines is 1. The van der Waals surface area contributed by atoms with Crippen LogP contribution in [0.2, 0.25) is 0 Å². The molecule has 1 aromatic heterocycles. The van der Waals surface area contributed by atoms with Crippen LogP contribution in [0.4, 0.5) is 19.0 Å². The third kappa shape index (κ3) is 3.42. The van der Waals surface area contributed by atoms with Gasteiger partial charge in [-0.3, -0.25) is 0 Å². The Morgan fingerprint density at radius 1 is 1.45 bits per heavy atom. The number of aromatic nitrogens is 1. The lowest BCUT2D eigenvalue weighted by Crippen LogP contribution is -2.42. The first-order valence-electron chi connectivity index (χ1n) is 6.92. The minimum atomic E-state index is -4.38. The van der Waals surface area contributed by atoms with E-state index in [1.165, 1.54) is 12.3 Å². The molecule has 1 aliphatic heterocycles. The fourth-order valence-corrected chi connectivity index (χ4v) is 2.54. The third-order valence-corrected chi connectivity index (χ3v) is 3.57. The van der Waals surface area contributed by atoms with Crippen molar-refractivity contribution in [1.29, 1.82) is 0 Å². The monoisotopic (exact) mass is 287 g/mol. The predicted molar refractivity (Wildman–Crippen MR) is 72.7 cm³/mol. The molecule has 0 radical (unpaired) electrons. The molecule has 1 saturated heterocycles. The summed E-state index contributed by atoms with van der Waals surface area (Å²) in [7, 11) is 0. The van der Waals surface area contributed by atoms with Crippen LogP contribution in [0.5, 0.6) is 0 Å². The summed E-state index contributed by atoms with van der Waals surface area (Å²) in [5.74, 6) is 0.0312. The van der Waals surface area contributed by atoms with E-state index in [1.807, 2.05) is 13.8 Å². The lowest BCUT2D eigenvalue weighted by Gasteiger charge is -2.32. The van der Waals surface area contributed by atoms with Gasteiger partial charge in [0, 0.05) is 24.8 Å². The number of hydrogen-bond donors (Lipinski definition) is 1. The molecule has 1 aromatic rings. The van der Waals surface area contributed by atoms with Gasteiger partial charge in [-0.25, -0.2) is 4.98 Å². The van der Waals surface area contributed by atoms with Crippen LogP contribution >= 0.6 is 0 Å². The highest BCUT2D eigenvalue weighted by atomic mass is 19.4. The Hall–Kier alpha value is -1.30. The molecule has 2 heterocycles. The molecule has 1 fully saturated rings. The van der Waals surface area contributed by atoms with E-state index in [2.05, 4.69) is 10.3 Å². The van der Waals surface area contributed by atoms with E-state index in [0.717, 1.165) is 25.5 Å². The van der Waals surface area contributed by atoms with Crippen LogP contribution in [0, 0.1) is 0 Å². The highest BCUT2D eigenvalue weighted by Crippen LogP contribution is 2.35. The van der Waals surface area contributed by atoms with E-state index in [-0.39, 0.29) is 17.9 Å². The second kappa shape index (κ2) is 5.99. The van der Waals surface area contributed by atoms with Gasteiger partial charge in [-0.15, -0.1) is 0 Å². The average molecular weight is 287 g/mol. The fourth-order valence-electron chi connectivity index (χ4n) is 2.54. The van der Waals surface area contributed by atoms with E-state index in [0.29, 0.717) is 6.54 Å². The molecule has 1 unspecified atom stereocenters. The molecular formula is C14H20F3N3. The second-order valence-corrected chi connectivity index (χ2v) is 5.41. The number of halogens is 3. The molecule has 6 heteroatoms. The van der Waals surface area contributed by atoms with Crippen LogP contribution in [-0.4, -0.2) is 30.2 Å². The molecule has 3 nitrogen and oxygen atoms in total. The maximum atomic E-state index is 13.1. The van der Waals surface area contributed by atoms with Crippen molar-refractivity contribution in [3.8, 4) is 0 Å². The van der Waals surface area contributed by atoms with E-state index in [1.54, 1.807) is 4.90 Å². The molecule has 0 aromatic carbocycles. The molecule has 112 valence electrons. The Balaban J connectivity index is 2.29. The van der Waals surface area contributed by atoms with Crippen molar-refractivity contribution in [2.75, 3.05) is 18.0 Å². The zero-order valence-corrected chi connectivity index (χ0v) is 11.7. The van der Waals surface area contributed by atoms with Gasteiger partial charge in [-0.1, -0.05) is 0 Å². The summed E-state index contributed by atoms with van der Waals surface area (Å²) >= 11 is 0. The quantitative estimate of drug-likeness (QED) is 0.922. The number of nitrogens with one attached hydrogen (secondary N) is 1. The standard InChI is InChI=1S/C14H20F3N3/c1-10(2)20(9-11-5-3-7-18-11)13-12(14(15,16)17)6-4-8-19-13/h4,6,8,10-11,18H,3,5,7,9H2,1-2H3. The summed E-state index contributed by atoms with van der Waals surface area (Å²) in [6.07, 6.45) is -0.885. The summed E-state index contributed by atoms with van der Waals surface area (Å²) in [5, 5.41) is 3.32. The minimum absolute atomic E-state index is 0.0312. The number of pyridine rings is 1. The summed E-state index contributed by atoms with van der Waals surface area (Å²) in [5.41, 5.74) is -0.660. The number of rotatable bonds is 4. The highest BCUT2D eigenvalue weighted by molar-refractivity contribution is 5.49. The van der Waals surface area contributed by atoms with Crippen molar-refractivity contribution < 1.29 is 13.2 Å². The Bertz CT molecular complexity index is 440. The molecule has 20 heavy (non-hydrogen) atoms. The molecule has 0 saturated carbocycles. The fraction of sp³-hybridized carbons (Fsp3) is 0.643. The van der Waals surface area contributed by atoms with E-state index >= 15 is 0 Å². The summed E-state index contributed by atoms with van der Waals surface area (Å²) in [4.78, 5) is 5.73. The van der Waals surface area contributed by atoms with Crippen molar-refractivity contribution in [3.63, 3.8) is 0 Å². The normalized spacial score (nSPS) is 19.6. The maximum absolute atomic E-state index is 13.1. The van der Waals surface area contributed by atoms with Gasteiger partial charge >= 0.3 is 6.18 Å². The smallest absolute Gasteiger partial charge is 0.352 e. The molecule has 1 atom stereocenters. The second-order valence-electron chi connectivity index (χ2n) is 5.41. The van der Waals surface area contributed by atoms with Crippen LogP contribution in [0.15, 0.2) is 18.3 Å². The molecule has 0 aliphatic carbocycles. The van der Waals surface area contributed by atoms with Crippen molar-refractivity contribution in [2.45, 2.75) is 44.9 Å². The van der Waals surface area contributed by atoms with Crippen molar-refractivity contribution in [3.05, 3.63) is 23.9 Å². The zero-order valence-electron chi connectivity index (χ0n) is 11.7.